The minimum absolute atomic E-state index is 0.0955. The Hall–Kier alpha value is -1.65. The molecule has 2 aliphatic carbocycles. The van der Waals surface area contributed by atoms with Crippen LogP contribution in [0.3, 0.4) is 0 Å². The first-order valence-corrected chi connectivity index (χ1v) is 8.21. The Morgan fingerprint density at radius 2 is 1.57 bits per heavy atom. The van der Waals surface area contributed by atoms with Gasteiger partial charge in [0, 0.05) is 12.1 Å². The fourth-order valence-corrected chi connectivity index (χ4v) is 3.31. The molecule has 0 atom stereocenters. The van der Waals surface area contributed by atoms with Crippen LogP contribution >= 0.6 is 0 Å². The van der Waals surface area contributed by atoms with Crippen molar-refractivity contribution in [2.45, 2.75) is 69.9 Å². The molecule has 0 aromatic carbocycles. The average molecular weight is 288 g/mol. The Morgan fingerprint density at radius 1 is 0.905 bits per heavy atom. The number of nitrogens with one attached hydrogen (secondary N) is 2. The van der Waals surface area contributed by atoms with Crippen LogP contribution in [-0.4, -0.2) is 28.0 Å². The lowest BCUT2D eigenvalue weighted by atomic mass is 9.95. The first-order chi connectivity index (χ1) is 10.3. The molecule has 5 nitrogen and oxygen atoms in total. The fourth-order valence-electron chi connectivity index (χ4n) is 3.31. The summed E-state index contributed by atoms with van der Waals surface area (Å²) in [5, 5.41) is 6.45. The van der Waals surface area contributed by atoms with Gasteiger partial charge >= 0.3 is 0 Å². The largest absolute Gasteiger partial charge is 0.366 e. The second kappa shape index (κ2) is 6.87. The van der Waals surface area contributed by atoms with Crippen molar-refractivity contribution in [3.05, 3.63) is 18.1 Å². The topological polar surface area (TPSA) is 66.9 Å². The van der Waals surface area contributed by atoms with E-state index in [4.69, 9.17) is 0 Å². The zero-order chi connectivity index (χ0) is 14.5. The zero-order valence-corrected chi connectivity index (χ0v) is 12.5. The molecule has 0 spiro atoms. The number of rotatable bonds is 4. The van der Waals surface area contributed by atoms with Gasteiger partial charge in [-0.1, -0.05) is 32.1 Å². The summed E-state index contributed by atoms with van der Waals surface area (Å²) < 4.78 is 0. The number of hydrogen-bond donors (Lipinski definition) is 2. The number of aromatic nitrogens is 2. The molecule has 21 heavy (non-hydrogen) atoms. The van der Waals surface area contributed by atoms with E-state index in [1.54, 1.807) is 12.4 Å². The van der Waals surface area contributed by atoms with Crippen LogP contribution in [0.2, 0.25) is 0 Å². The van der Waals surface area contributed by atoms with Gasteiger partial charge in [-0.15, -0.1) is 0 Å². The summed E-state index contributed by atoms with van der Waals surface area (Å²) in [6, 6.07) is 0.825. The Balaban J connectivity index is 1.53. The van der Waals surface area contributed by atoms with E-state index in [9.17, 15) is 4.79 Å². The van der Waals surface area contributed by atoms with Crippen LogP contribution in [-0.2, 0) is 0 Å². The predicted octanol–water partition coefficient (Wildman–Crippen LogP) is 2.89. The summed E-state index contributed by atoms with van der Waals surface area (Å²) in [7, 11) is 0. The Morgan fingerprint density at radius 3 is 2.24 bits per heavy atom. The molecule has 1 heterocycles. The summed E-state index contributed by atoms with van der Waals surface area (Å²) in [4.78, 5) is 20.7. The van der Waals surface area contributed by atoms with Crippen molar-refractivity contribution in [2.24, 2.45) is 0 Å². The Bertz CT molecular complexity index is 462. The lowest BCUT2D eigenvalue weighted by molar-refractivity contribution is 0.0922. The van der Waals surface area contributed by atoms with E-state index in [1.165, 1.54) is 44.9 Å². The van der Waals surface area contributed by atoms with Gasteiger partial charge in [0.25, 0.3) is 5.91 Å². The number of amides is 1. The molecule has 2 saturated carbocycles. The minimum atomic E-state index is -0.0955. The van der Waals surface area contributed by atoms with E-state index in [0.29, 0.717) is 17.8 Å². The molecule has 1 aromatic heterocycles. The summed E-state index contributed by atoms with van der Waals surface area (Å²) in [5.41, 5.74) is 0.414. The molecule has 0 radical (unpaired) electrons. The first kappa shape index (κ1) is 14.3. The quantitative estimate of drug-likeness (QED) is 0.894. The second-order valence-electron chi connectivity index (χ2n) is 6.22. The molecule has 0 saturated heterocycles. The van der Waals surface area contributed by atoms with Crippen molar-refractivity contribution in [2.75, 3.05) is 5.32 Å². The smallest absolute Gasteiger partial charge is 0.271 e. The molecule has 0 aliphatic heterocycles. The van der Waals surface area contributed by atoms with Gasteiger partial charge in [-0.3, -0.25) is 4.79 Å². The van der Waals surface area contributed by atoms with Crippen LogP contribution in [0.25, 0.3) is 0 Å². The third kappa shape index (κ3) is 3.93. The molecule has 114 valence electrons. The van der Waals surface area contributed by atoms with Gasteiger partial charge < -0.3 is 10.6 Å². The van der Waals surface area contributed by atoms with Crippen LogP contribution in [0.1, 0.15) is 68.3 Å². The molecular formula is C16H24N4O. The van der Waals surface area contributed by atoms with Crippen molar-refractivity contribution in [1.82, 2.24) is 15.3 Å². The van der Waals surface area contributed by atoms with Gasteiger partial charge in [0.2, 0.25) is 0 Å². The molecule has 2 fully saturated rings. The van der Waals surface area contributed by atoms with E-state index in [2.05, 4.69) is 20.6 Å². The highest BCUT2D eigenvalue weighted by molar-refractivity contribution is 5.92. The fraction of sp³-hybridized carbons (Fsp3) is 0.688. The highest BCUT2D eigenvalue weighted by Gasteiger charge is 2.18. The van der Waals surface area contributed by atoms with Gasteiger partial charge in [-0.2, -0.15) is 0 Å². The molecule has 5 heteroatoms. The van der Waals surface area contributed by atoms with Crippen LogP contribution in [0, 0.1) is 0 Å². The summed E-state index contributed by atoms with van der Waals surface area (Å²) in [6.07, 6.45) is 14.1. The lowest BCUT2D eigenvalue weighted by Crippen LogP contribution is -2.36. The number of carbonyl (C=O) groups excluding carboxylic acids is 1. The Kier molecular flexibility index (Phi) is 4.68. The number of nitrogens with zero attached hydrogens (tertiary/aromatic N) is 2. The summed E-state index contributed by atoms with van der Waals surface area (Å²) >= 11 is 0. The predicted molar refractivity (Wildman–Crippen MR) is 82.2 cm³/mol. The maximum Gasteiger partial charge on any atom is 0.271 e. The van der Waals surface area contributed by atoms with Gasteiger partial charge in [0.1, 0.15) is 11.5 Å². The van der Waals surface area contributed by atoms with E-state index < -0.39 is 0 Å². The standard InChI is InChI=1S/C16H24N4O/c21-16(20-13-6-2-1-3-7-13)14-10-18-15(11-17-14)19-12-8-4-5-9-12/h10-13H,1-9H2,(H,18,19)(H,20,21). The van der Waals surface area contributed by atoms with Crippen LogP contribution < -0.4 is 10.6 Å². The van der Waals surface area contributed by atoms with Crippen LogP contribution in [0.15, 0.2) is 12.4 Å². The molecule has 1 amide bonds. The molecule has 2 aliphatic rings. The van der Waals surface area contributed by atoms with E-state index in [-0.39, 0.29) is 5.91 Å². The van der Waals surface area contributed by atoms with Gasteiger partial charge in [-0.25, -0.2) is 9.97 Å². The number of anilines is 1. The maximum absolute atomic E-state index is 12.1. The molecule has 0 unspecified atom stereocenters. The van der Waals surface area contributed by atoms with Crippen molar-refractivity contribution in [1.29, 1.82) is 0 Å². The minimum Gasteiger partial charge on any atom is -0.366 e. The van der Waals surface area contributed by atoms with E-state index in [1.807, 2.05) is 0 Å². The number of hydrogen-bond acceptors (Lipinski definition) is 4. The van der Waals surface area contributed by atoms with Crippen LogP contribution in [0.4, 0.5) is 5.82 Å². The zero-order valence-electron chi connectivity index (χ0n) is 12.5. The monoisotopic (exact) mass is 288 g/mol. The third-order valence-electron chi connectivity index (χ3n) is 4.53. The molecule has 3 rings (SSSR count). The number of carbonyl (C=O) groups is 1. The highest BCUT2D eigenvalue weighted by atomic mass is 16.1. The van der Waals surface area contributed by atoms with E-state index in [0.717, 1.165) is 18.7 Å². The van der Waals surface area contributed by atoms with Gasteiger partial charge in [-0.05, 0) is 25.7 Å². The van der Waals surface area contributed by atoms with Crippen molar-refractivity contribution >= 4 is 11.7 Å². The second-order valence-corrected chi connectivity index (χ2v) is 6.22. The Labute approximate surface area is 125 Å². The highest BCUT2D eigenvalue weighted by Crippen LogP contribution is 2.21. The molecule has 0 bridgehead atoms. The summed E-state index contributed by atoms with van der Waals surface area (Å²) in [6.45, 7) is 0. The van der Waals surface area contributed by atoms with Crippen molar-refractivity contribution < 1.29 is 4.79 Å². The van der Waals surface area contributed by atoms with E-state index >= 15 is 0 Å². The third-order valence-corrected chi connectivity index (χ3v) is 4.53. The molecule has 2 N–H and O–H groups in total. The van der Waals surface area contributed by atoms with Crippen molar-refractivity contribution in [3.63, 3.8) is 0 Å². The molecule has 1 aromatic rings. The summed E-state index contributed by atoms with van der Waals surface area (Å²) in [5.74, 6) is 0.679. The maximum atomic E-state index is 12.1. The van der Waals surface area contributed by atoms with Gasteiger partial charge in [0.15, 0.2) is 0 Å². The molecular weight excluding hydrogens is 264 g/mol. The average Bonchev–Trinajstić information content (AvgIpc) is 3.02. The first-order valence-electron chi connectivity index (χ1n) is 8.21. The normalized spacial score (nSPS) is 20.4. The van der Waals surface area contributed by atoms with Crippen molar-refractivity contribution in [3.8, 4) is 0 Å². The van der Waals surface area contributed by atoms with Gasteiger partial charge in [0.05, 0.1) is 12.4 Å². The SMILES string of the molecule is O=C(NC1CCCCC1)c1cnc(NC2CCCC2)cn1. The lowest BCUT2D eigenvalue weighted by Gasteiger charge is -2.22. The van der Waals surface area contributed by atoms with Crippen LogP contribution in [0.5, 0.6) is 0 Å².